The topological polar surface area (TPSA) is 84.7 Å². The Balaban J connectivity index is 2.56. The minimum absolute atomic E-state index is 0.0724. The molecule has 120 valence electrons. The molecule has 0 saturated heterocycles. The molecule has 0 spiro atoms. The molecule has 0 amide bonds. The maximum Gasteiger partial charge on any atom is 0.243 e. The van der Waals surface area contributed by atoms with Gasteiger partial charge in [-0.15, -0.1) is 0 Å². The maximum absolute atomic E-state index is 13.7. The van der Waals surface area contributed by atoms with Gasteiger partial charge in [-0.25, -0.2) is 17.5 Å². The van der Waals surface area contributed by atoms with Gasteiger partial charge in [0.2, 0.25) is 10.0 Å². The second-order valence-corrected chi connectivity index (χ2v) is 6.69. The molecule has 0 atom stereocenters. The number of rotatable bonds is 8. The van der Waals surface area contributed by atoms with Crippen LogP contribution in [0.1, 0.15) is 5.56 Å². The zero-order chi connectivity index (χ0) is 16.0. The molecular formula is C13H22FN3O3S. The van der Waals surface area contributed by atoms with Crippen LogP contribution in [0.3, 0.4) is 0 Å². The summed E-state index contributed by atoms with van der Waals surface area (Å²) in [4.78, 5) is 1.51. The van der Waals surface area contributed by atoms with Crippen LogP contribution >= 0.6 is 0 Å². The van der Waals surface area contributed by atoms with Gasteiger partial charge >= 0.3 is 0 Å². The molecule has 0 saturated carbocycles. The van der Waals surface area contributed by atoms with E-state index in [-0.39, 0.29) is 18.8 Å². The van der Waals surface area contributed by atoms with Crippen LogP contribution in [0.25, 0.3) is 0 Å². The summed E-state index contributed by atoms with van der Waals surface area (Å²) in [6.07, 6.45) is 0. The van der Waals surface area contributed by atoms with Gasteiger partial charge < -0.3 is 15.4 Å². The summed E-state index contributed by atoms with van der Waals surface area (Å²) in [5.41, 5.74) is 6.35. The fourth-order valence-electron chi connectivity index (χ4n) is 1.55. The van der Waals surface area contributed by atoms with Crippen molar-refractivity contribution in [3.05, 3.63) is 23.5 Å². The van der Waals surface area contributed by atoms with Crippen molar-refractivity contribution in [2.45, 2.75) is 11.8 Å². The standard InChI is InChI=1S/C13H22FN3O3S/c1-10-8-11(14)13(9-12(10)15)21(18,19)16-4-6-20-7-5-17(2)3/h8-9,16H,4-7,15H2,1-3H3. The number of nitrogens with one attached hydrogen (secondary N) is 1. The molecule has 0 bridgehead atoms. The first-order valence-corrected chi connectivity index (χ1v) is 8.00. The van der Waals surface area contributed by atoms with E-state index in [1.54, 1.807) is 6.92 Å². The minimum Gasteiger partial charge on any atom is -0.398 e. The molecule has 0 aliphatic carbocycles. The predicted octanol–water partition coefficient (Wildman–Crippen LogP) is 0.573. The number of aryl methyl sites for hydroxylation is 1. The molecular weight excluding hydrogens is 297 g/mol. The van der Waals surface area contributed by atoms with Crippen LogP contribution in [0.5, 0.6) is 0 Å². The zero-order valence-corrected chi connectivity index (χ0v) is 13.3. The Bertz CT molecular complexity index is 576. The van der Waals surface area contributed by atoms with Crippen molar-refractivity contribution in [2.75, 3.05) is 46.1 Å². The van der Waals surface area contributed by atoms with Crippen molar-refractivity contribution in [1.82, 2.24) is 9.62 Å². The Hall–Kier alpha value is -1.22. The van der Waals surface area contributed by atoms with Gasteiger partial charge in [0.05, 0.1) is 13.2 Å². The smallest absolute Gasteiger partial charge is 0.243 e. The third-order valence-electron chi connectivity index (χ3n) is 2.83. The van der Waals surface area contributed by atoms with Crippen LogP contribution in [-0.2, 0) is 14.8 Å². The number of nitrogens with two attached hydrogens (primary N) is 1. The lowest BCUT2D eigenvalue weighted by Crippen LogP contribution is -2.29. The van der Waals surface area contributed by atoms with Gasteiger partial charge in [0.25, 0.3) is 0 Å². The van der Waals surface area contributed by atoms with Gasteiger partial charge in [-0.05, 0) is 38.7 Å². The van der Waals surface area contributed by atoms with E-state index in [1.165, 1.54) is 0 Å². The normalized spacial score (nSPS) is 12.0. The molecule has 0 radical (unpaired) electrons. The van der Waals surface area contributed by atoms with E-state index in [9.17, 15) is 12.8 Å². The highest BCUT2D eigenvalue weighted by atomic mass is 32.2. The highest BCUT2D eigenvalue weighted by Gasteiger charge is 2.19. The summed E-state index contributed by atoms with van der Waals surface area (Å²) in [6.45, 7) is 3.15. The SMILES string of the molecule is Cc1cc(F)c(S(=O)(=O)NCCOCCN(C)C)cc1N. The van der Waals surface area contributed by atoms with E-state index >= 15 is 0 Å². The summed E-state index contributed by atoms with van der Waals surface area (Å²) in [5.74, 6) is -0.817. The highest BCUT2D eigenvalue weighted by molar-refractivity contribution is 7.89. The number of hydrogen-bond acceptors (Lipinski definition) is 5. The van der Waals surface area contributed by atoms with Gasteiger partial charge in [-0.2, -0.15) is 0 Å². The summed E-state index contributed by atoms with van der Waals surface area (Å²) in [5, 5.41) is 0. The number of halogens is 1. The van der Waals surface area contributed by atoms with E-state index < -0.39 is 20.7 Å². The Morgan fingerprint density at radius 2 is 2.00 bits per heavy atom. The molecule has 0 fully saturated rings. The fraction of sp³-hybridized carbons (Fsp3) is 0.538. The predicted molar refractivity (Wildman–Crippen MR) is 80.1 cm³/mol. The number of benzene rings is 1. The number of nitrogen functional groups attached to an aromatic ring is 1. The first-order chi connectivity index (χ1) is 9.74. The molecule has 8 heteroatoms. The van der Waals surface area contributed by atoms with Crippen LogP contribution in [0.2, 0.25) is 0 Å². The largest absolute Gasteiger partial charge is 0.398 e. The summed E-state index contributed by atoms with van der Waals surface area (Å²) in [6, 6.07) is 2.23. The van der Waals surface area contributed by atoms with Crippen molar-refractivity contribution in [1.29, 1.82) is 0 Å². The zero-order valence-electron chi connectivity index (χ0n) is 12.5. The first-order valence-electron chi connectivity index (χ1n) is 6.52. The summed E-state index contributed by atoms with van der Waals surface area (Å²) < 4.78 is 45.3. The number of ether oxygens (including phenoxy) is 1. The number of sulfonamides is 1. The van der Waals surface area contributed by atoms with Crippen molar-refractivity contribution in [3.8, 4) is 0 Å². The average Bonchev–Trinajstić information content (AvgIpc) is 2.37. The van der Waals surface area contributed by atoms with E-state index in [2.05, 4.69) is 4.72 Å². The lowest BCUT2D eigenvalue weighted by Gasteiger charge is -2.11. The number of hydrogen-bond donors (Lipinski definition) is 2. The van der Waals surface area contributed by atoms with Crippen molar-refractivity contribution in [2.24, 2.45) is 0 Å². The lowest BCUT2D eigenvalue weighted by molar-refractivity contribution is 0.122. The van der Waals surface area contributed by atoms with Crippen LogP contribution in [0, 0.1) is 12.7 Å². The van der Waals surface area contributed by atoms with Gasteiger partial charge in [-0.3, -0.25) is 0 Å². The van der Waals surface area contributed by atoms with Gasteiger partial charge in [0.1, 0.15) is 10.7 Å². The minimum atomic E-state index is -3.93. The third-order valence-corrected chi connectivity index (χ3v) is 4.31. The average molecular weight is 319 g/mol. The van der Waals surface area contributed by atoms with E-state index in [1.807, 2.05) is 19.0 Å². The second kappa shape index (κ2) is 7.69. The van der Waals surface area contributed by atoms with Crippen molar-refractivity contribution < 1.29 is 17.5 Å². The summed E-state index contributed by atoms with van der Waals surface area (Å²) in [7, 11) is -0.102. The van der Waals surface area contributed by atoms with E-state index in [4.69, 9.17) is 10.5 Å². The fourth-order valence-corrected chi connectivity index (χ4v) is 2.65. The third kappa shape index (κ3) is 5.58. The molecule has 1 aromatic carbocycles. The Labute approximate surface area is 125 Å². The molecule has 0 heterocycles. The molecule has 1 aromatic rings. The lowest BCUT2D eigenvalue weighted by atomic mass is 10.2. The first kappa shape index (κ1) is 17.8. The Kier molecular flexibility index (Phi) is 6.53. The molecule has 21 heavy (non-hydrogen) atoms. The summed E-state index contributed by atoms with van der Waals surface area (Å²) >= 11 is 0. The number of nitrogens with zero attached hydrogens (tertiary/aromatic N) is 1. The molecule has 6 nitrogen and oxygen atoms in total. The quantitative estimate of drug-likeness (QED) is 0.541. The van der Waals surface area contributed by atoms with Crippen LogP contribution in [0.15, 0.2) is 17.0 Å². The highest BCUT2D eigenvalue weighted by Crippen LogP contribution is 2.21. The maximum atomic E-state index is 13.7. The van der Waals surface area contributed by atoms with E-state index in [0.29, 0.717) is 12.2 Å². The monoisotopic (exact) mass is 319 g/mol. The number of likely N-dealkylation sites (N-methyl/N-ethyl adjacent to an activating group) is 1. The van der Waals surface area contributed by atoms with Crippen LogP contribution < -0.4 is 10.5 Å². The molecule has 0 aromatic heterocycles. The second-order valence-electron chi connectivity index (χ2n) is 4.95. The molecule has 0 unspecified atom stereocenters. The molecule has 3 N–H and O–H groups in total. The van der Waals surface area contributed by atoms with Gasteiger partial charge in [-0.1, -0.05) is 0 Å². The van der Waals surface area contributed by atoms with Crippen molar-refractivity contribution in [3.63, 3.8) is 0 Å². The Morgan fingerprint density at radius 1 is 1.33 bits per heavy atom. The number of anilines is 1. The van der Waals surface area contributed by atoms with Gasteiger partial charge in [0.15, 0.2) is 0 Å². The van der Waals surface area contributed by atoms with Crippen LogP contribution in [0.4, 0.5) is 10.1 Å². The van der Waals surface area contributed by atoms with Gasteiger partial charge in [0, 0.05) is 18.8 Å². The van der Waals surface area contributed by atoms with Crippen molar-refractivity contribution >= 4 is 15.7 Å². The van der Waals surface area contributed by atoms with Crippen LogP contribution in [-0.4, -0.2) is 53.7 Å². The molecule has 1 rings (SSSR count). The Morgan fingerprint density at radius 3 is 2.62 bits per heavy atom. The molecule has 0 aliphatic heterocycles. The van der Waals surface area contributed by atoms with E-state index in [0.717, 1.165) is 18.7 Å². The molecule has 0 aliphatic rings.